The summed E-state index contributed by atoms with van der Waals surface area (Å²) in [7, 11) is 0. The second-order valence-electron chi connectivity index (χ2n) is 3.76. The summed E-state index contributed by atoms with van der Waals surface area (Å²) in [5.74, 6) is -0.894. The Bertz CT molecular complexity index is 344. The average molecular weight is 196 g/mol. The summed E-state index contributed by atoms with van der Waals surface area (Å²) < 4.78 is 5.36. The second-order valence-corrected chi connectivity index (χ2v) is 3.76. The van der Waals surface area contributed by atoms with E-state index in [-0.39, 0.29) is 11.6 Å². The minimum atomic E-state index is -1.11. The molecule has 0 saturated heterocycles. The highest BCUT2D eigenvalue weighted by atomic mass is 16.5. The quantitative estimate of drug-likeness (QED) is 0.772. The number of aromatic nitrogens is 2. The van der Waals surface area contributed by atoms with Crippen molar-refractivity contribution in [3.05, 3.63) is 18.1 Å². The predicted octanol–water partition coefficient (Wildman–Crippen LogP) is 1.35. The summed E-state index contributed by atoms with van der Waals surface area (Å²) in [6.07, 6.45) is 2.57. The first-order valence-electron chi connectivity index (χ1n) is 4.13. The van der Waals surface area contributed by atoms with Gasteiger partial charge in [0.15, 0.2) is 5.69 Å². The molecule has 0 aromatic carbocycles. The Hall–Kier alpha value is -1.65. The summed E-state index contributed by atoms with van der Waals surface area (Å²) in [5.41, 5.74) is -0.530. The molecule has 0 bridgehead atoms. The number of nitrogens with zero attached hydrogens (tertiary/aromatic N) is 2. The van der Waals surface area contributed by atoms with Gasteiger partial charge >= 0.3 is 5.97 Å². The Balaban J connectivity index is 2.89. The summed E-state index contributed by atoms with van der Waals surface area (Å²) in [4.78, 5) is 18.1. The van der Waals surface area contributed by atoms with Crippen molar-refractivity contribution in [3.63, 3.8) is 0 Å². The normalized spacial score (nSPS) is 11.1. The number of carboxylic acids is 1. The van der Waals surface area contributed by atoms with Crippen LogP contribution in [0.2, 0.25) is 0 Å². The van der Waals surface area contributed by atoms with E-state index in [1.807, 2.05) is 20.8 Å². The Kier molecular flexibility index (Phi) is 2.69. The van der Waals surface area contributed by atoms with Gasteiger partial charge in [-0.05, 0) is 20.8 Å². The molecule has 0 spiro atoms. The highest BCUT2D eigenvalue weighted by Crippen LogP contribution is 2.13. The van der Waals surface area contributed by atoms with E-state index in [9.17, 15) is 4.79 Å². The molecule has 0 unspecified atom stereocenters. The fraction of sp³-hybridized carbons (Fsp3) is 0.444. The third-order valence-corrected chi connectivity index (χ3v) is 1.24. The van der Waals surface area contributed by atoms with Crippen molar-refractivity contribution in [1.29, 1.82) is 0 Å². The minimum Gasteiger partial charge on any atom is -0.476 e. The number of carbonyl (C=O) groups is 1. The molecule has 76 valence electrons. The van der Waals surface area contributed by atoms with E-state index in [1.165, 1.54) is 12.4 Å². The van der Waals surface area contributed by atoms with Crippen LogP contribution in [0.5, 0.6) is 5.88 Å². The molecule has 0 amide bonds. The monoisotopic (exact) mass is 196 g/mol. The summed E-state index contributed by atoms with van der Waals surface area (Å²) >= 11 is 0. The van der Waals surface area contributed by atoms with Gasteiger partial charge in [-0.1, -0.05) is 0 Å². The first-order valence-corrected chi connectivity index (χ1v) is 4.13. The zero-order valence-electron chi connectivity index (χ0n) is 8.31. The third kappa shape index (κ3) is 3.01. The maximum absolute atomic E-state index is 10.6. The van der Waals surface area contributed by atoms with E-state index < -0.39 is 11.6 Å². The zero-order valence-corrected chi connectivity index (χ0v) is 8.31. The topological polar surface area (TPSA) is 72.3 Å². The first-order chi connectivity index (χ1) is 6.38. The largest absolute Gasteiger partial charge is 0.476 e. The Labute approximate surface area is 81.8 Å². The summed E-state index contributed by atoms with van der Waals surface area (Å²) in [6, 6.07) is 0. The van der Waals surface area contributed by atoms with Crippen LogP contribution in [0, 0.1) is 0 Å². The van der Waals surface area contributed by atoms with Gasteiger partial charge in [0.05, 0.1) is 12.4 Å². The fourth-order valence-electron chi connectivity index (χ4n) is 0.814. The van der Waals surface area contributed by atoms with Gasteiger partial charge < -0.3 is 9.84 Å². The first kappa shape index (κ1) is 10.4. The lowest BCUT2D eigenvalue weighted by Gasteiger charge is -2.19. The van der Waals surface area contributed by atoms with Crippen LogP contribution in [0.15, 0.2) is 12.4 Å². The maximum Gasteiger partial charge on any atom is 0.356 e. The molecule has 0 aliphatic heterocycles. The van der Waals surface area contributed by atoms with Crippen LogP contribution in [0.3, 0.4) is 0 Å². The molecule has 1 heterocycles. The van der Waals surface area contributed by atoms with Crippen LogP contribution in [-0.2, 0) is 0 Å². The van der Waals surface area contributed by atoms with Crippen molar-refractivity contribution in [2.45, 2.75) is 26.4 Å². The fourth-order valence-corrected chi connectivity index (χ4v) is 0.814. The van der Waals surface area contributed by atoms with Gasteiger partial charge in [0, 0.05) is 0 Å². The number of carboxylic acid groups (broad SMARTS) is 1. The van der Waals surface area contributed by atoms with Crippen molar-refractivity contribution in [2.24, 2.45) is 0 Å². The lowest BCUT2D eigenvalue weighted by molar-refractivity contribution is 0.0683. The molecule has 0 aliphatic carbocycles. The number of hydrogen-bond donors (Lipinski definition) is 1. The van der Waals surface area contributed by atoms with E-state index in [1.54, 1.807) is 0 Å². The Morgan fingerprint density at radius 1 is 1.43 bits per heavy atom. The van der Waals surface area contributed by atoms with Gasteiger partial charge in [-0.15, -0.1) is 0 Å². The van der Waals surface area contributed by atoms with E-state index in [0.717, 1.165) is 0 Å². The predicted molar refractivity (Wildman–Crippen MR) is 49.4 cm³/mol. The van der Waals surface area contributed by atoms with Crippen LogP contribution in [0.25, 0.3) is 0 Å². The van der Waals surface area contributed by atoms with Crippen LogP contribution in [0.1, 0.15) is 31.3 Å². The van der Waals surface area contributed by atoms with Crippen LogP contribution < -0.4 is 4.74 Å². The van der Waals surface area contributed by atoms with Gasteiger partial charge in [-0.25, -0.2) is 9.78 Å². The molecule has 1 aromatic rings. The molecule has 0 atom stereocenters. The minimum absolute atomic E-state index is 0.119. The lowest BCUT2D eigenvalue weighted by Crippen LogP contribution is -2.24. The van der Waals surface area contributed by atoms with Crippen molar-refractivity contribution in [2.75, 3.05) is 0 Å². The van der Waals surface area contributed by atoms with Gasteiger partial charge in [0.1, 0.15) is 5.60 Å². The van der Waals surface area contributed by atoms with Gasteiger partial charge in [-0.2, -0.15) is 0 Å². The summed E-state index contributed by atoms with van der Waals surface area (Å²) in [6.45, 7) is 5.55. The Morgan fingerprint density at radius 2 is 2.07 bits per heavy atom. The van der Waals surface area contributed by atoms with Crippen molar-refractivity contribution in [1.82, 2.24) is 9.97 Å². The molecule has 0 radical (unpaired) electrons. The lowest BCUT2D eigenvalue weighted by atomic mass is 10.2. The van der Waals surface area contributed by atoms with E-state index >= 15 is 0 Å². The smallest absolute Gasteiger partial charge is 0.356 e. The van der Waals surface area contributed by atoms with Crippen LogP contribution in [-0.4, -0.2) is 26.6 Å². The second kappa shape index (κ2) is 3.61. The molecule has 1 aromatic heterocycles. The highest BCUT2D eigenvalue weighted by molar-refractivity contribution is 5.84. The third-order valence-electron chi connectivity index (χ3n) is 1.24. The number of hydrogen-bond acceptors (Lipinski definition) is 4. The van der Waals surface area contributed by atoms with Gasteiger partial charge in [0.25, 0.3) is 0 Å². The molecule has 5 heteroatoms. The number of ether oxygens (including phenoxy) is 1. The van der Waals surface area contributed by atoms with E-state index in [4.69, 9.17) is 9.84 Å². The van der Waals surface area contributed by atoms with E-state index in [0.29, 0.717) is 0 Å². The van der Waals surface area contributed by atoms with Crippen molar-refractivity contribution in [3.8, 4) is 5.88 Å². The van der Waals surface area contributed by atoms with Crippen molar-refractivity contribution < 1.29 is 14.6 Å². The number of rotatable bonds is 2. The molecular formula is C9H12N2O3. The highest BCUT2D eigenvalue weighted by Gasteiger charge is 2.14. The van der Waals surface area contributed by atoms with E-state index in [2.05, 4.69) is 9.97 Å². The van der Waals surface area contributed by atoms with Gasteiger partial charge in [0.2, 0.25) is 5.88 Å². The number of aromatic carboxylic acids is 1. The molecule has 0 saturated carbocycles. The molecule has 14 heavy (non-hydrogen) atoms. The zero-order chi connectivity index (χ0) is 10.8. The molecule has 1 rings (SSSR count). The molecule has 1 N–H and O–H groups in total. The molecule has 5 nitrogen and oxygen atoms in total. The molecular weight excluding hydrogens is 184 g/mol. The maximum atomic E-state index is 10.6. The van der Waals surface area contributed by atoms with Crippen LogP contribution >= 0.6 is 0 Å². The molecule has 0 aliphatic rings. The van der Waals surface area contributed by atoms with Crippen molar-refractivity contribution >= 4 is 5.97 Å². The van der Waals surface area contributed by atoms with Crippen LogP contribution in [0.4, 0.5) is 0 Å². The Morgan fingerprint density at radius 3 is 2.57 bits per heavy atom. The average Bonchev–Trinajstić information content (AvgIpc) is 2.01. The standard InChI is InChI=1S/C9H12N2O3/c1-9(2,3)14-7-5-10-4-6(11-7)8(12)13/h4-5H,1-3H3,(H,12,13). The molecule has 0 fully saturated rings. The summed E-state index contributed by atoms with van der Waals surface area (Å²) in [5, 5.41) is 8.65. The SMILES string of the molecule is CC(C)(C)Oc1cncc(C(=O)O)n1. The van der Waals surface area contributed by atoms with Gasteiger partial charge in [-0.3, -0.25) is 4.98 Å².